The molecule has 2 heterocycles. The lowest BCUT2D eigenvalue weighted by molar-refractivity contribution is 0.0730. The Morgan fingerprint density at radius 1 is 1.13 bits per heavy atom. The summed E-state index contributed by atoms with van der Waals surface area (Å²) in [5.41, 5.74) is 1.82. The number of rotatable bonds is 6. The van der Waals surface area contributed by atoms with Crippen LogP contribution in [-0.2, 0) is 14.8 Å². The van der Waals surface area contributed by atoms with Gasteiger partial charge in [0.25, 0.3) is 5.91 Å². The van der Waals surface area contributed by atoms with Crippen molar-refractivity contribution in [2.24, 2.45) is 0 Å². The quantitative estimate of drug-likeness (QED) is 0.430. The highest BCUT2D eigenvalue weighted by Gasteiger charge is 2.27. The van der Waals surface area contributed by atoms with Crippen LogP contribution in [-0.4, -0.2) is 60.2 Å². The third-order valence-electron chi connectivity index (χ3n) is 4.77. The van der Waals surface area contributed by atoms with Gasteiger partial charge in [-0.1, -0.05) is 30.0 Å². The molecule has 9 heteroatoms. The number of benzene rings is 2. The smallest absolute Gasteiger partial charge is 0.264 e. The topological polar surface area (TPSA) is 81.5 Å². The molecule has 2 aromatic carbocycles. The number of carbonyl (C=O) groups excluding carboxylic acids is 1. The molecule has 0 amide bonds. The first-order chi connectivity index (χ1) is 14.5. The van der Waals surface area contributed by atoms with Crippen LogP contribution in [0.3, 0.4) is 0 Å². The largest absolute Gasteiger partial charge is 0.379 e. The van der Waals surface area contributed by atoms with Gasteiger partial charge in [-0.2, -0.15) is 4.31 Å². The Morgan fingerprint density at radius 3 is 2.53 bits per heavy atom. The third-order valence-corrected chi connectivity index (χ3v) is 7.62. The maximum absolute atomic E-state index is 13.3. The van der Waals surface area contributed by atoms with Gasteiger partial charge >= 0.3 is 0 Å². The second-order valence-corrected chi connectivity index (χ2v) is 9.59. The fourth-order valence-electron chi connectivity index (χ4n) is 3.27. The number of carbonyl (C=O) groups is 1. The molecule has 1 aliphatic heterocycles. The number of fused-ring (bicyclic) bond motifs is 1. The van der Waals surface area contributed by atoms with Crippen molar-refractivity contribution in [2.45, 2.75) is 10.1 Å². The van der Waals surface area contributed by atoms with E-state index >= 15 is 0 Å². The van der Waals surface area contributed by atoms with Crippen LogP contribution in [0.25, 0.3) is 11.0 Å². The Labute approximate surface area is 179 Å². The highest BCUT2D eigenvalue weighted by molar-refractivity contribution is 7.99. The van der Waals surface area contributed by atoms with Crippen molar-refractivity contribution in [1.82, 2.24) is 13.9 Å². The molecule has 0 saturated carbocycles. The van der Waals surface area contributed by atoms with Crippen molar-refractivity contribution in [2.75, 3.05) is 32.1 Å². The molecule has 0 N–H and O–H groups in total. The number of hydrogen-bond acceptors (Lipinski definition) is 6. The van der Waals surface area contributed by atoms with E-state index in [0.29, 0.717) is 48.3 Å². The molecule has 156 valence electrons. The van der Waals surface area contributed by atoms with Gasteiger partial charge in [-0.3, -0.25) is 9.36 Å². The zero-order chi connectivity index (χ0) is 21.1. The molecule has 3 aromatic rings. The number of nitrogens with zero attached hydrogens (tertiary/aromatic N) is 3. The zero-order valence-corrected chi connectivity index (χ0v) is 17.9. The van der Waals surface area contributed by atoms with Gasteiger partial charge in [0.2, 0.25) is 10.0 Å². The van der Waals surface area contributed by atoms with Gasteiger partial charge in [0.05, 0.1) is 29.1 Å². The predicted octanol–water partition coefficient (Wildman–Crippen LogP) is 3.02. The Bertz CT molecular complexity index is 1180. The van der Waals surface area contributed by atoms with Crippen LogP contribution < -0.4 is 0 Å². The van der Waals surface area contributed by atoms with E-state index in [-0.39, 0.29) is 10.8 Å². The lowest BCUT2D eigenvalue weighted by Crippen LogP contribution is -2.40. The van der Waals surface area contributed by atoms with Gasteiger partial charge in [0.15, 0.2) is 5.16 Å². The zero-order valence-electron chi connectivity index (χ0n) is 16.2. The molecule has 1 aromatic heterocycles. The highest BCUT2D eigenvalue weighted by Crippen LogP contribution is 2.26. The van der Waals surface area contributed by atoms with Crippen molar-refractivity contribution in [3.63, 3.8) is 0 Å². The molecule has 0 aliphatic carbocycles. The molecule has 0 radical (unpaired) electrons. The van der Waals surface area contributed by atoms with Crippen molar-refractivity contribution in [1.29, 1.82) is 0 Å². The minimum Gasteiger partial charge on any atom is -0.379 e. The van der Waals surface area contributed by atoms with E-state index in [4.69, 9.17) is 4.74 Å². The summed E-state index contributed by atoms with van der Waals surface area (Å²) in [6.45, 7) is 5.14. The minimum atomic E-state index is -3.61. The van der Waals surface area contributed by atoms with E-state index in [1.54, 1.807) is 22.8 Å². The summed E-state index contributed by atoms with van der Waals surface area (Å²) in [5, 5.41) is 0.575. The number of hydrogen-bond donors (Lipinski definition) is 0. The molecule has 1 aliphatic rings. The molecule has 0 spiro atoms. The molecule has 7 nitrogen and oxygen atoms in total. The summed E-state index contributed by atoms with van der Waals surface area (Å²) in [6, 6.07) is 13.5. The molecule has 4 rings (SSSR count). The first kappa shape index (κ1) is 20.8. The maximum atomic E-state index is 13.3. The molecule has 0 unspecified atom stereocenters. The minimum absolute atomic E-state index is 0.165. The first-order valence-corrected chi connectivity index (χ1v) is 11.9. The van der Waals surface area contributed by atoms with Crippen LogP contribution in [0.5, 0.6) is 0 Å². The Hall–Kier alpha value is -2.46. The van der Waals surface area contributed by atoms with E-state index in [9.17, 15) is 13.2 Å². The standard InChI is InChI=1S/C21H21N3O4S2/c1-2-15-29-21-22-18-5-3-4-6-19(18)24(21)20(25)16-7-9-17(10-8-16)30(26,27)23-11-13-28-14-12-23/h2-10H,1,11-15H2. The highest BCUT2D eigenvalue weighted by atomic mass is 32.2. The van der Waals surface area contributed by atoms with E-state index in [1.165, 1.54) is 28.2 Å². The summed E-state index contributed by atoms with van der Waals surface area (Å²) < 4.78 is 33.8. The summed E-state index contributed by atoms with van der Waals surface area (Å²) in [5.74, 6) is 0.360. The Kier molecular flexibility index (Phi) is 6.05. The second kappa shape index (κ2) is 8.73. The van der Waals surface area contributed by atoms with Gasteiger partial charge in [-0.15, -0.1) is 6.58 Å². The lowest BCUT2D eigenvalue weighted by Gasteiger charge is -2.26. The Morgan fingerprint density at radius 2 is 1.83 bits per heavy atom. The van der Waals surface area contributed by atoms with Gasteiger partial charge in [-0.05, 0) is 36.4 Å². The van der Waals surface area contributed by atoms with Crippen LogP contribution in [0.15, 0.2) is 71.2 Å². The fourth-order valence-corrected chi connectivity index (χ4v) is 5.41. The number of thioether (sulfide) groups is 1. The summed E-state index contributed by atoms with van der Waals surface area (Å²) >= 11 is 1.42. The van der Waals surface area contributed by atoms with E-state index < -0.39 is 10.0 Å². The van der Waals surface area contributed by atoms with Crippen LogP contribution in [0.4, 0.5) is 0 Å². The van der Waals surface area contributed by atoms with Gasteiger partial charge in [0, 0.05) is 24.4 Å². The van der Waals surface area contributed by atoms with Gasteiger partial charge in [0.1, 0.15) is 0 Å². The predicted molar refractivity (Wildman–Crippen MR) is 116 cm³/mol. The van der Waals surface area contributed by atoms with Crippen LogP contribution in [0.1, 0.15) is 10.4 Å². The average molecular weight is 444 g/mol. The van der Waals surface area contributed by atoms with E-state index in [2.05, 4.69) is 11.6 Å². The summed E-state index contributed by atoms with van der Waals surface area (Å²) in [6.07, 6.45) is 1.75. The number of aromatic nitrogens is 2. The SMILES string of the molecule is C=CCSc1nc2ccccc2n1C(=O)c1ccc(S(=O)(=O)N2CCOCC2)cc1. The monoisotopic (exact) mass is 443 g/mol. The molecule has 0 atom stereocenters. The van der Waals surface area contributed by atoms with Crippen LogP contribution in [0.2, 0.25) is 0 Å². The van der Waals surface area contributed by atoms with Crippen molar-refractivity contribution in [3.8, 4) is 0 Å². The maximum Gasteiger partial charge on any atom is 0.264 e. The van der Waals surface area contributed by atoms with Gasteiger partial charge < -0.3 is 4.74 Å². The molecule has 30 heavy (non-hydrogen) atoms. The number of sulfonamides is 1. The van der Waals surface area contributed by atoms with Crippen molar-refractivity contribution < 1.29 is 17.9 Å². The number of imidazole rings is 1. The molecular weight excluding hydrogens is 422 g/mol. The van der Waals surface area contributed by atoms with Crippen LogP contribution in [0, 0.1) is 0 Å². The summed E-state index contributed by atoms with van der Waals surface area (Å²) in [7, 11) is -3.61. The first-order valence-electron chi connectivity index (χ1n) is 9.46. The van der Waals surface area contributed by atoms with E-state index in [1.807, 2.05) is 24.3 Å². The molecule has 1 fully saturated rings. The number of para-hydroxylation sites is 2. The fraction of sp³-hybridized carbons (Fsp3) is 0.238. The molecule has 1 saturated heterocycles. The van der Waals surface area contributed by atoms with Crippen molar-refractivity contribution in [3.05, 3.63) is 66.7 Å². The molecular formula is C21H21N3O4S2. The Balaban J connectivity index is 1.67. The number of ether oxygens (including phenoxy) is 1. The third kappa shape index (κ3) is 3.93. The van der Waals surface area contributed by atoms with Crippen molar-refractivity contribution >= 4 is 38.7 Å². The average Bonchev–Trinajstić information content (AvgIpc) is 3.16. The normalized spacial score (nSPS) is 15.3. The number of morpholine rings is 1. The molecule has 0 bridgehead atoms. The van der Waals surface area contributed by atoms with E-state index in [0.717, 1.165) is 5.52 Å². The van der Waals surface area contributed by atoms with Gasteiger partial charge in [-0.25, -0.2) is 13.4 Å². The lowest BCUT2D eigenvalue weighted by atomic mass is 10.2. The van der Waals surface area contributed by atoms with Crippen LogP contribution >= 0.6 is 11.8 Å². The second-order valence-electron chi connectivity index (χ2n) is 6.66. The summed E-state index contributed by atoms with van der Waals surface area (Å²) in [4.78, 5) is 18.0.